The predicted molar refractivity (Wildman–Crippen MR) is 124 cm³/mol. The Morgan fingerprint density at radius 1 is 0.758 bits per heavy atom. The van der Waals surface area contributed by atoms with Crippen LogP contribution in [0.5, 0.6) is 11.5 Å². The number of ether oxygens (including phenoxy) is 2. The summed E-state index contributed by atoms with van der Waals surface area (Å²) in [5, 5.41) is 0. The van der Waals surface area contributed by atoms with Crippen LogP contribution >= 0.6 is 0 Å². The maximum absolute atomic E-state index is 13.1. The molecule has 0 unspecified atom stereocenters. The van der Waals surface area contributed by atoms with Crippen LogP contribution < -0.4 is 9.47 Å². The van der Waals surface area contributed by atoms with Crippen molar-refractivity contribution in [3.05, 3.63) is 96.1 Å². The van der Waals surface area contributed by atoms with E-state index in [0.29, 0.717) is 17.1 Å². The van der Waals surface area contributed by atoms with E-state index in [-0.39, 0.29) is 31.3 Å². The molecule has 0 aliphatic rings. The van der Waals surface area contributed by atoms with Crippen molar-refractivity contribution in [1.82, 2.24) is 9.80 Å². The van der Waals surface area contributed by atoms with E-state index < -0.39 is 6.09 Å². The van der Waals surface area contributed by atoms with Crippen molar-refractivity contribution < 1.29 is 23.9 Å². The lowest BCUT2D eigenvalue weighted by atomic mass is 10.1. The van der Waals surface area contributed by atoms with E-state index in [2.05, 4.69) is 0 Å². The van der Waals surface area contributed by atoms with Crippen LogP contribution in [-0.4, -0.2) is 54.8 Å². The highest BCUT2D eigenvalue weighted by molar-refractivity contribution is 5.99. The molecule has 0 saturated heterocycles. The molecule has 2 amide bonds. The first-order valence-corrected chi connectivity index (χ1v) is 10.4. The molecule has 0 bridgehead atoms. The van der Waals surface area contributed by atoms with E-state index in [0.717, 1.165) is 5.56 Å². The van der Waals surface area contributed by atoms with E-state index in [1.807, 2.05) is 24.3 Å². The van der Waals surface area contributed by atoms with Gasteiger partial charge in [-0.05, 0) is 29.8 Å². The third kappa shape index (κ3) is 6.93. The quantitative estimate of drug-likeness (QED) is 0.464. The lowest BCUT2D eigenvalue weighted by Gasteiger charge is -2.25. The third-order valence-electron chi connectivity index (χ3n) is 4.95. The van der Waals surface area contributed by atoms with Gasteiger partial charge in [0.2, 0.25) is 5.91 Å². The van der Waals surface area contributed by atoms with Crippen molar-refractivity contribution in [2.24, 2.45) is 0 Å². The van der Waals surface area contributed by atoms with Gasteiger partial charge in [-0.2, -0.15) is 0 Å². The molecule has 0 heterocycles. The third-order valence-corrected chi connectivity index (χ3v) is 4.95. The molecule has 0 atom stereocenters. The Bertz CT molecular complexity index is 1070. The van der Waals surface area contributed by atoms with Crippen molar-refractivity contribution in [1.29, 1.82) is 0 Å². The van der Waals surface area contributed by atoms with Crippen LogP contribution in [0.3, 0.4) is 0 Å². The highest BCUT2D eigenvalue weighted by Gasteiger charge is 2.22. The molecule has 7 heteroatoms. The number of Topliss-reactive ketones (excluding diaryl/α,β-unsaturated/α-hetero) is 1. The Morgan fingerprint density at radius 3 is 1.97 bits per heavy atom. The van der Waals surface area contributed by atoms with Crippen LogP contribution in [0.15, 0.2) is 84.9 Å². The maximum Gasteiger partial charge on any atom is 0.415 e. The molecule has 7 nitrogen and oxygen atoms in total. The predicted octanol–water partition coefficient (Wildman–Crippen LogP) is 4.04. The normalized spacial score (nSPS) is 10.2. The zero-order valence-electron chi connectivity index (χ0n) is 18.6. The summed E-state index contributed by atoms with van der Waals surface area (Å²) in [6.07, 6.45) is -0.659. The maximum atomic E-state index is 13.1. The smallest absolute Gasteiger partial charge is 0.415 e. The minimum atomic E-state index is -0.659. The van der Waals surface area contributed by atoms with Crippen LogP contribution in [0, 0.1) is 0 Å². The zero-order chi connectivity index (χ0) is 23.6. The highest BCUT2D eigenvalue weighted by atomic mass is 16.6. The number of methoxy groups -OCH3 is 1. The number of likely N-dealkylation sites (N-methyl/N-ethyl adjacent to an activating group) is 1. The van der Waals surface area contributed by atoms with E-state index in [1.54, 1.807) is 67.8 Å². The van der Waals surface area contributed by atoms with Gasteiger partial charge in [0, 0.05) is 19.2 Å². The second kappa shape index (κ2) is 11.5. The van der Waals surface area contributed by atoms with E-state index >= 15 is 0 Å². The minimum absolute atomic E-state index is 0.115. The molecule has 0 aromatic heterocycles. The molecular formula is C26H26N2O5. The average molecular weight is 447 g/mol. The van der Waals surface area contributed by atoms with Crippen LogP contribution in [0.4, 0.5) is 4.79 Å². The first-order chi connectivity index (χ1) is 16.0. The molecule has 3 aromatic carbocycles. The van der Waals surface area contributed by atoms with Crippen molar-refractivity contribution in [3.8, 4) is 11.5 Å². The lowest BCUT2D eigenvalue weighted by molar-refractivity contribution is -0.131. The Labute approximate surface area is 193 Å². The molecule has 0 spiro atoms. The number of ketones is 1. The van der Waals surface area contributed by atoms with Gasteiger partial charge in [0.05, 0.1) is 13.7 Å². The zero-order valence-corrected chi connectivity index (χ0v) is 18.6. The summed E-state index contributed by atoms with van der Waals surface area (Å²) >= 11 is 0. The number of amides is 2. The molecule has 33 heavy (non-hydrogen) atoms. The second-order valence-electron chi connectivity index (χ2n) is 7.42. The fourth-order valence-corrected chi connectivity index (χ4v) is 3.11. The lowest BCUT2D eigenvalue weighted by Crippen LogP contribution is -2.43. The van der Waals surface area contributed by atoms with Crippen molar-refractivity contribution in [2.45, 2.75) is 6.54 Å². The van der Waals surface area contributed by atoms with Gasteiger partial charge in [-0.25, -0.2) is 4.79 Å². The summed E-state index contributed by atoms with van der Waals surface area (Å²) in [4.78, 5) is 40.9. The summed E-state index contributed by atoms with van der Waals surface area (Å²) in [5.41, 5.74) is 1.35. The van der Waals surface area contributed by atoms with Gasteiger partial charge in [0.25, 0.3) is 0 Å². The SMILES string of the molecule is COc1ccc(CN(CC(=O)c2ccccc2)C(=O)CN(C)C(=O)Oc2ccccc2)cc1. The monoisotopic (exact) mass is 446 g/mol. The first kappa shape index (κ1) is 23.5. The Balaban J connectivity index is 1.71. The Kier molecular flexibility index (Phi) is 8.18. The van der Waals surface area contributed by atoms with Crippen molar-refractivity contribution >= 4 is 17.8 Å². The van der Waals surface area contributed by atoms with Crippen LogP contribution in [-0.2, 0) is 11.3 Å². The van der Waals surface area contributed by atoms with Gasteiger partial charge in [0.1, 0.15) is 18.0 Å². The van der Waals surface area contributed by atoms with Gasteiger partial charge >= 0.3 is 6.09 Å². The van der Waals surface area contributed by atoms with Crippen LogP contribution in [0.2, 0.25) is 0 Å². The van der Waals surface area contributed by atoms with Crippen LogP contribution in [0.25, 0.3) is 0 Å². The largest absolute Gasteiger partial charge is 0.497 e. The van der Waals surface area contributed by atoms with Gasteiger partial charge < -0.3 is 19.3 Å². The Hall–Kier alpha value is -4.13. The molecule has 0 N–H and O–H groups in total. The Morgan fingerprint density at radius 2 is 1.36 bits per heavy atom. The summed E-state index contributed by atoms with van der Waals surface area (Å²) in [5.74, 6) is 0.520. The minimum Gasteiger partial charge on any atom is -0.497 e. The molecule has 170 valence electrons. The highest BCUT2D eigenvalue weighted by Crippen LogP contribution is 2.15. The number of benzene rings is 3. The molecule has 0 saturated carbocycles. The molecule has 3 aromatic rings. The number of hydrogen-bond acceptors (Lipinski definition) is 5. The topological polar surface area (TPSA) is 76.2 Å². The van der Waals surface area contributed by atoms with E-state index in [1.165, 1.54) is 16.8 Å². The number of hydrogen-bond donors (Lipinski definition) is 0. The van der Waals surface area contributed by atoms with Gasteiger partial charge in [-0.1, -0.05) is 60.7 Å². The summed E-state index contributed by atoms with van der Waals surface area (Å²) in [6, 6.07) is 24.7. The van der Waals surface area contributed by atoms with Gasteiger partial charge in [-0.3, -0.25) is 9.59 Å². The summed E-state index contributed by atoms with van der Waals surface area (Å²) < 4.78 is 10.5. The standard InChI is InChI=1S/C26H26N2O5/c1-27(26(31)33-23-11-7-4-8-12-23)19-25(30)28(17-20-13-15-22(32-2)16-14-20)18-24(29)21-9-5-3-6-10-21/h3-16H,17-19H2,1-2H3. The van der Waals surface area contributed by atoms with Crippen LogP contribution in [0.1, 0.15) is 15.9 Å². The van der Waals surface area contributed by atoms with Crippen molar-refractivity contribution in [2.75, 3.05) is 27.2 Å². The first-order valence-electron chi connectivity index (χ1n) is 10.4. The summed E-state index contributed by atoms with van der Waals surface area (Å²) in [6.45, 7) is -0.136. The van der Waals surface area contributed by atoms with E-state index in [4.69, 9.17) is 9.47 Å². The molecule has 0 aliphatic heterocycles. The molecule has 0 radical (unpaired) electrons. The molecule has 0 aliphatic carbocycles. The fraction of sp³-hybridized carbons (Fsp3) is 0.192. The molecule has 0 fully saturated rings. The number of para-hydroxylation sites is 1. The summed E-state index contributed by atoms with van der Waals surface area (Å²) in [7, 11) is 3.06. The number of nitrogens with zero attached hydrogens (tertiary/aromatic N) is 2. The average Bonchev–Trinajstić information content (AvgIpc) is 2.85. The fourth-order valence-electron chi connectivity index (χ4n) is 3.11. The molecule has 3 rings (SSSR count). The van der Waals surface area contributed by atoms with E-state index in [9.17, 15) is 14.4 Å². The van der Waals surface area contributed by atoms with Gasteiger partial charge in [0.15, 0.2) is 5.78 Å². The number of carbonyl (C=O) groups excluding carboxylic acids is 3. The second-order valence-corrected chi connectivity index (χ2v) is 7.42. The molecular weight excluding hydrogens is 420 g/mol. The van der Waals surface area contributed by atoms with Gasteiger partial charge in [-0.15, -0.1) is 0 Å². The number of rotatable bonds is 9. The number of carbonyl (C=O) groups is 3. The van der Waals surface area contributed by atoms with Crippen molar-refractivity contribution in [3.63, 3.8) is 0 Å².